The molecule has 1 fully saturated rings. The summed E-state index contributed by atoms with van der Waals surface area (Å²) in [6.07, 6.45) is 5.12. The van der Waals surface area contributed by atoms with Crippen molar-refractivity contribution >= 4 is 58.4 Å². The number of carbonyl (C=O) groups excluding carboxylic acids is 3. The van der Waals surface area contributed by atoms with Crippen molar-refractivity contribution in [1.82, 2.24) is 10.6 Å². The molecule has 3 amide bonds. The Morgan fingerprint density at radius 3 is 2.26 bits per heavy atom. The number of amides is 3. The van der Waals surface area contributed by atoms with Crippen LogP contribution in [0, 0.1) is 0 Å². The van der Waals surface area contributed by atoms with Crippen molar-refractivity contribution in [3.8, 4) is 0 Å². The van der Waals surface area contributed by atoms with Crippen molar-refractivity contribution in [2.24, 2.45) is 0 Å². The van der Waals surface area contributed by atoms with Crippen LogP contribution in [0.1, 0.15) is 36.0 Å². The standard InChI is InChI=1S/C22H23Cl2N3O3S/c23-14-5-10-18(19(24)11-14)22(30)26-12-20(28)25-13-21(29)27-15-6-8-17(9-7-15)31-16-3-1-2-4-16/h5-11,16H,1-4,12-13H2,(H,25,28)(H,26,30)(H,27,29). The molecule has 0 spiro atoms. The van der Waals surface area contributed by atoms with E-state index >= 15 is 0 Å². The fourth-order valence-corrected chi connectivity index (χ4v) is 4.93. The molecule has 0 heterocycles. The second-order valence-corrected chi connectivity index (χ2v) is 9.40. The second kappa shape index (κ2) is 11.4. The lowest BCUT2D eigenvalue weighted by Gasteiger charge is -2.10. The second-order valence-electron chi connectivity index (χ2n) is 7.18. The molecule has 0 bridgehead atoms. The summed E-state index contributed by atoms with van der Waals surface area (Å²) in [5.41, 5.74) is 0.881. The minimum atomic E-state index is -0.503. The van der Waals surface area contributed by atoms with Gasteiger partial charge in [-0.2, -0.15) is 0 Å². The van der Waals surface area contributed by atoms with Crippen molar-refractivity contribution < 1.29 is 14.4 Å². The molecule has 0 aromatic heterocycles. The summed E-state index contributed by atoms with van der Waals surface area (Å²) >= 11 is 13.7. The normalized spacial score (nSPS) is 13.6. The first-order valence-corrected chi connectivity index (χ1v) is 11.6. The van der Waals surface area contributed by atoms with Crippen LogP contribution in [0.3, 0.4) is 0 Å². The van der Waals surface area contributed by atoms with Gasteiger partial charge in [-0.3, -0.25) is 14.4 Å². The highest BCUT2D eigenvalue weighted by Gasteiger charge is 2.16. The fraction of sp³-hybridized carbons (Fsp3) is 0.318. The minimum Gasteiger partial charge on any atom is -0.345 e. The lowest BCUT2D eigenvalue weighted by molar-refractivity contribution is -0.123. The van der Waals surface area contributed by atoms with E-state index in [2.05, 4.69) is 16.0 Å². The molecule has 0 aliphatic heterocycles. The lowest BCUT2D eigenvalue weighted by Crippen LogP contribution is -2.40. The minimum absolute atomic E-state index is 0.192. The Kier molecular flexibility index (Phi) is 8.63. The maximum absolute atomic E-state index is 12.1. The highest BCUT2D eigenvalue weighted by atomic mass is 35.5. The molecule has 0 saturated heterocycles. The largest absolute Gasteiger partial charge is 0.345 e. The molecule has 1 aliphatic carbocycles. The van der Waals surface area contributed by atoms with Crippen molar-refractivity contribution in [2.45, 2.75) is 35.8 Å². The maximum atomic E-state index is 12.1. The van der Waals surface area contributed by atoms with Crippen molar-refractivity contribution in [3.05, 3.63) is 58.1 Å². The molecular weight excluding hydrogens is 457 g/mol. The third kappa shape index (κ3) is 7.45. The fourth-order valence-electron chi connectivity index (χ4n) is 3.19. The number of hydrogen-bond acceptors (Lipinski definition) is 4. The smallest absolute Gasteiger partial charge is 0.253 e. The van der Waals surface area contributed by atoms with E-state index in [1.54, 1.807) is 0 Å². The Bertz CT molecular complexity index is 948. The van der Waals surface area contributed by atoms with E-state index in [9.17, 15) is 14.4 Å². The summed E-state index contributed by atoms with van der Waals surface area (Å²) in [7, 11) is 0. The summed E-state index contributed by atoms with van der Waals surface area (Å²) in [6.45, 7) is -0.479. The Hall–Kier alpha value is -2.22. The van der Waals surface area contributed by atoms with Gasteiger partial charge in [0.2, 0.25) is 11.8 Å². The highest BCUT2D eigenvalue weighted by Crippen LogP contribution is 2.34. The molecule has 164 valence electrons. The first-order chi connectivity index (χ1) is 14.9. The zero-order valence-electron chi connectivity index (χ0n) is 16.8. The molecule has 31 heavy (non-hydrogen) atoms. The first kappa shape index (κ1) is 23.4. The van der Waals surface area contributed by atoms with Gasteiger partial charge in [0.15, 0.2) is 0 Å². The van der Waals surface area contributed by atoms with E-state index in [1.165, 1.54) is 48.8 Å². The molecule has 1 aliphatic rings. The van der Waals surface area contributed by atoms with Gasteiger partial charge in [0.25, 0.3) is 5.91 Å². The average molecular weight is 480 g/mol. The van der Waals surface area contributed by atoms with Gasteiger partial charge in [-0.15, -0.1) is 11.8 Å². The van der Waals surface area contributed by atoms with Gasteiger partial charge >= 0.3 is 0 Å². The summed E-state index contributed by atoms with van der Waals surface area (Å²) in [5, 5.41) is 8.95. The van der Waals surface area contributed by atoms with Crippen LogP contribution in [0.15, 0.2) is 47.4 Å². The summed E-state index contributed by atoms with van der Waals surface area (Å²) in [4.78, 5) is 37.3. The predicted octanol–water partition coefficient (Wildman–Crippen LogP) is 4.51. The van der Waals surface area contributed by atoms with Gasteiger partial charge in [-0.1, -0.05) is 36.0 Å². The van der Waals surface area contributed by atoms with Gasteiger partial charge in [-0.05, 0) is 55.3 Å². The summed E-state index contributed by atoms with van der Waals surface area (Å²) in [6, 6.07) is 12.2. The molecule has 6 nitrogen and oxygen atoms in total. The lowest BCUT2D eigenvalue weighted by atomic mass is 10.2. The van der Waals surface area contributed by atoms with Crippen molar-refractivity contribution in [3.63, 3.8) is 0 Å². The Balaban J connectivity index is 1.37. The van der Waals surface area contributed by atoms with Gasteiger partial charge < -0.3 is 16.0 Å². The molecule has 2 aromatic carbocycles. The van der Waals surface area contributed by atoms with Crippen molar-refractivity contribution in [2.75, 3.05) is 18.4 Å². The molecule has 3 N–H and O–H groups in total. The zero-order valence-corrected chi connectivity index (χ0v) is 19.1. The van der Waals surface area contributed by atoms with Crippen LogP contribution in [0.5, 0.6) is 0 Å². The third-order valence-corrected chi connectivity index (χ3v) is 6.67. The predicted molar refractivity (Wildman–Crippen MR) is 125 cm³/mol. The van der Waals surface area contributed by atoms with Crippen LogP contribution in [0.4, 0.5) is 5.69 Å². The first-order valence-electron chi connectivity index (χ1n) is 9.97. The SMILES string of the molecule is O=C(CNC(=O)c1ccc(Cl)cc1Cl)NCC(=O)Nc1ccc(SC2CCCC2)cc1. The Morgan fingerprint density at radius 1 is 0.903 bits per heavy atom. The Labute approximate surface area is 195 Å². The number of thioether (sulfide) groups is 1. The van der Waals surface area contributed by atoms with Crippen LogP contribution in [-0.4, -0.2) is 36.1 Å². The molecule has 2 aromatic rings. The van der Waals surface area contributed by atoms with E-state index in [0.717, 1.165) is 0 Å². The van der Waals surface area contributed by atoms with Gasteiger partial charge in [-0.25, -0.2) is 0 Å². The van der Waals surface area contributed by atoms with Gasteiger partial charge in [0.05, 0.1) is 23.7 Å². The van der Waals surface area contributed by atoms with Gasteiger partial charge in [0.1, 0.15) is 0 Å². The molecule has 9 heteroatoms. The Morgan fingerprint density at radius 2 is 1.58 bits per heavy atom. The number of rotatable bonds is 8. The molecule has 0 atom stereocenters. The van der Waals surface area contributed by atoms with Crippen LogP contribution in [0.2, 0.25) is 10.0 Å². The average Bonchev–Trinajstić information content (AvgIpc) is 3.25. The summed E-state index contributed by atoms with van der Waals surface area (Å²) in [5.74, 6) is -1.34. The van der Waals surface area contributed by atoms with E-state index in [0.29, 0.717) is 16.0 Å². The van der Waals surface area contributed by atoms with E-state index in [1.807, 2.05) is 36.0 Å². The number of carbonyl (C=O) groups is 3. The number of hydrogen-bond donors (Lipinski definition) is 3. The molecule has 3 rings (SSSR count). The summed E-state index contributed by atoms with van der Waals surface area (Å²) < 4.78 is 0. The third-order valence-electron chi connectivity index (χ3n) is 4.77. The number of nitrogens with one attached hydrogen (secondary N) is 3. The van der Waals surface area contributed by atoms with Crippen LogP contribution >= 0.6 is 35.0 Å². The molecular formula is C22H23Cl2N3O3S. The van der Waals surface area contributed by atoms with Gasteiger partial charge in [0, 0.05) is 20.9 Å². The molecule has 0 radical (unpaired) electrons. The van der Waals surface area contributed by atoms with E-state index < -0.39 is 11.8 Å². The monoisotopic (exact) mass is 479 g/mol. The number of benzene rings is 2. The topological polar surface area (TPSA) is 87.3 Å². The van der Waals surface area contributed by atoms with Crippen LogP contribution in [0.25, 0.3) is 0 Å². The van der Waals surface area contributed by atoms with Crippen LogP contribution in [-0.2, 0) is 9.59 Å². The quantitative estimate of drug-likeness (QED) is 0.519. The highest BCUT2D eigenvalue weighted by molar-refractivity contribution is 8.00. The molecule has 1 saturated carbocycles. The van der Waals surface area contributed by atoms with E-state index in [-0.39, 0.29) is 29.6 Å². The molecule has 0 unspecified atom stereocenters. The van der Waals surface area contributed by atoms with Crippen LogP contribution < -0.4 is 16.0 Å². The maximum Gasteiger partial charge on any atom is 0.253 e. The number of anilines is 1. The number of halogens is 2. The van der Waals surface area contributed by atoms with Crippen molar-refractivity contribution in [1.29, 1.82) is 0 Å². The zero-order chi connectivity index (χ0) is 22.2. The van der Waals surface area contributed by atoms with E-state index in [4.69, 9.17) is 23.2 Å².